The molecule has 0 unspecified atom stereocenters. The average molecular weight is 351 g/mol. The monoisotopic (exact) mass is 350 g/mol. The Morgan fingerprint density at radius 1 is 0.923 bits per heavy atom. The molecule has 1 aliphatic heterocycles. The highest BCUT2D eigenvalue weighted by molar-refractivity contribution is 5.79. The molecule has 26 heavy (non-hydrogen) atoms. The van der Waals surface area contributed by atoms with Crippen LogP contribution in [0.3, 0.4) is 0 Å². The summed E-state index contributed by atoms with van der Waals surface area (Å²) in [5, 5.41) is 0. The molecular weight excluding hydrogens is 320 g/mol. The van der Waals surface area contributed by atoms with Crippen LogP contribution in [-0.4, -0.2) is 37.0 Å². The van der Waals surface area contributed by atoms with Crippen molar-refractivity contribution in [3.63, 3.8) is 0 Å². The van der Waals surface area contributed by atoms with E-state index in [-0.39, 0.29) is 11.3 Å². The van der Waals surface area contributed by atoms with Crippen LogP contribution in [0.1, 0.15) is 37.5 Å². The van der Waals surface area contributed by atoms with Gasteiger partial charge in [0.1, 0.15) is 0 Å². The number of hydrogen-bond acceptors (Lipinski definition) is 2. The van der Waals surface area contributed by atoms with E-state index in [1.54, 1.807) is 0 Å². The van der Waals surface area contributed by atoms with Gasteiger partial charge in [0.05, 0.1) is 6.42 Å². The zero-order valence-electron chi connectivity index (χ0n) is 16.5. The molecule has 3 rings (SSSR count). The van der Waals surface area contributed by atoms with E-state index in [2.05, 4.69) is 69.0 Å². The lowest BCUT2D eigenvalue weighted by Crippen LogP contribution is -2.49. The van der Waals surface area contributed by atoms with Crippen molar-refractivity contribution in [2.75, 3.05) is 31.1 Å². The van der Waals surface area contributed by atoms with Gasteiger partial charge in [0.15, 0.2) is 0 Å². The highest BCUT2D eigenvalue weighted by Gasteiger charge is 2.25. The summed E-state index contributed by atoms with van der Waals surface area (Å²) >= 11 is 0. The zero-order chi connectivity index (χ0) is 18.7. The van der Waals surface area contributed by atoms with Crippen molar-refractivity contribution >= 4 is 11.6 Å². The Hall–Kier alpha value is -2.29. The predicted molar refractivity (Wildman–Crippen MR) is 109 cm³/mol. The number of piperazine rings is 1. The molecule has 0 saturated carbocycles. The molecule has 0 bridgehead atoms. The minimum Gasteiger partial charge on any atom is -0.368 e. The Labute approximate surface area is 157 Å². The van der Waals surface area contributed by atoms with E-state index in [1.807, 2.05) is 17.0 Å². The lowest BCUT2D eigenvalue weighted by Gasteiger charge is -2.38. The first-order valence-corrected chi connectivity index (χ1v) is 9.53. The van der Waals surface area contributed by atoms with Gasteiger partial charge in [0.2, 0.25) is 5.91 Å². The second-order valence-corrected chi connectivity index (χ2v) is 8.24. The van der Waals surface area contributed by atoms with Crippen molar-refractivity contribution in [3.05, 3.63) is 65.2 Å². The smallest absolute Gasteiger partial charge is 0.227 e. The molecule has 0 spiro atoms. The molecule has 1 fully saturated rings. The minimum atomic E-state index is 0.119. The quantitative estimate of drug-likeness (QED) is 0.829. The molecule has 2 aromatic carbocycles. The standard InChI is InChI=1S/C23H30N2O/c1-18-9-5-6-10-19(18)17-22(26)25-15-13-24(14-16-25)21-12-8-7-11-20(21)23(2,3)4/h5-12H,13-17H2,1-4H3. The van der Waals surface area contributed by atoms with Crippen molar-refractivity contribution in [2.45, 2.75) is 39.5 Å². The third kappa shape index (κ3) is 4.09. The topological polar surface area (TPSA) is 23.6 Å². The predicted octanol–water partition coefficient (Wildman–Crippen LogP) is 4.18. The number of para-hydroxylation sites is 1. The van der Waals surface area contributed by atoms with Gasteiger partial charge in [-0.25, -0.2) is 0 Å². The summed E-state index contributed by atoms with van der Waals surface area (Å²) in [5.41, 5.74) is 5.14. The Bertz CT molecular complexity index is 768. The van der Waals surface area contributed by atoms with E-state index in [1.165, 1.54) is 16.8 Å². The average Bonchev–Trinajstić information content (AvgIpc) is 2.63. The fourth-order valence-corrected chi connectivity index (χ4v) is 3.66. The Balaban J connectivity index is 1.65. The summed E-state index contributed by atoms with van der Waals surface area (Å²) in [7, 11) is 0. The molecule has 0 aliphatic carbocycles. The fourth-order valence-electron chi connectivity index (χ4n) is 3.66. The number of anilines is 1. The van der Waals surface area contributed by atoms with Crippen LogP contribution in [-0.2, 0) is 16.6 Å². The summed E-state index contributed by atoms with van der Waals surface area (Å²) in [5.74, 6) is 0.239. The highest BCUT2D eigenvalue weighted by Crippen LogP contribution is 2.32. The number of hydrogen-bond donors (Lipinski definition) is 0. The summed E-state index contributed by atoms with van der Waals surface area (Å²) in [6, 6.07) is 16.8. The van der Waals surface area contributed by atoms with Crippen molar-refractivity contribution in [2.24, 2.45) is 0 Å². The van der Waals surface area contributed by atoms with Gasteiger partial charge >= 0.3 is 0 Å². The summed E-state index contributed by atoms with van der Waals surface area (Å²) in [4.78, 5) is 17.1. The molecule has 3 nitrogen and oxygen atoms in total. The van der Waals surface area contributed by atoms with Crippen molar-refractivity contribution in [1.29, 1.82) is 0 Å². The van der Waals surface area contributed by atoms with Crippen LogP contribution in [0.2, 0.25) is 0 Å². The Morgan fingerprint density at radius 2 is 1.54 bits per heavy atom. The number of aryl methyl sites for hydroxylation is 1. The second-order valence-electron chi connectivity index (χ2n) is 8.24. The highest BCUT2D eigenvalue weighted by atomic mass is 16.2. The molecule has 1 aliphatic rings. The maximum atomic E-state index is 12.7. The third-order valence-corrected chi connectivity index (χ3v) is 5.29. The van der Waals surface area contributed by atoms with Crippen LogP contribution >= 0.6 is 0 Å². The molecule has 2 aromatic rings. The van der Waals surface area contributed by atoms with Crippen LogP contribution in [0, 0.1) is 6.92 Å². The lowest BCUT2D eigenvalue weighted by atomic mass is 9.85. The van der Waals surface area contributed by atoms with Gasteiger partial charge in [-0.15, -0.1) is 0 Å². The van der Waals surface area contributed by atoms with E-state index in [4.69, 9.17) is 0 Å². The molecule has 1 saturated heterocycles. The maximum absolute atomic E-state index is 12.7. The second kappa shape index (κ2) is 7.53. The Morgan fingerprint density at radius 3 is 2.19 bits per heavy atom. The molecule has 1 amide bonds. The van der Waals surface area contributed by atoms with Gasteiger partial charge in [-0.05, 0) is 35.1 Å². The maximum Gasteiger partial charge on any atom is 0.227 e. The first-order valence-electron chi connectivity index (χ1n) is 9.53. The SMILES string of the molecule is Cc1ccccc1CC(=O)N1CCN(c2ccccc2C(C)(C)C)CC1. The minimum absolute atomic E-state index is 0.119. The van der Waals surface area contributed by atoms with Crippen LogP contribution in [0.25, 0.3) is 0 Å². The molecule has 0 N–H and O–H groups in total. The van der Waals surface area contributed by atoms with Gasteiger partial charge in [-0.1, -0.05) is 63.2 Å². The summed E-state index contributed by atoms with van der Waals surface area (Å²) < 4.78 is 0. The molecular formula is C23H30N2O. The van der Waals surface area contributed by atoms with Crippen LogP contribution < -0.4 is 4.90 Å². The van der Waals surface area contributed by atoms with Gasteiger partial charge in [-0.3, -0.25) is 4.79 Å². The molecule has 138 valence electrons. The van der Waals surface area contributed by atoms with Crippen LogP contribution in [0.15, 0.2) is 48.5 Å². The number of nitrogens with zero attached hydrogens (tertiary/aromatic N) is 2. The number of benzene rings is 2. The van der Waals surface area contributed by atoms with Crippen molar-refractivity contribution < 1.29 is 4.79 Å². The van der Waals surface area contributed by atoms with E-state index < -0.39 is 0 Å². The van der Waals surface area contributed by atoms with E-state index in [0.29, 0.717) is 6.42 Å². The van der Waals surface area contributed by atoms with Crippen LogP contribution in [0.5, 0.6) is 0 Å². The van der Waals surface area contributed by atoms with E-state index in [0.717, 1.165) is 31.7 Å². The number of carbonyl (C=O) groups excluding carboxylic acids is 1. The van der Waals surface area contributed by atoms with Gasteiger partial charge < -0.3 is 9.80 Å². The third-order valence-electron chi connectivity index (χ3n) is 5.29. The molecule has 0 aromatic heterocycles. The largest absolute Gasteiger partial charge is 0.368 e. The van der Waals surface area contributed by atoms with Gasteiger partial charge in [-0.2, -0.15) is 0 Å². The number of rotatable bonds is 3. The van der Waals surface area contributed by atoms with Crippen molar-refractivity contribution in [1.82, 2.24) is 4.90 Å². The summed E-state index contributed by atoms with van der Waals surface area (Å²) in [6.45, 7) is 12.2. The Kier molecular flexibility index (Phi) is 5.36. The molecule has 0 atom stereocenters. The lowest BCUT2D eigenvalue weighted by molar-refractivity contribution is -0.130. The molecule has 1 heterocycles. The van der Waals surface area contributed by atoms with Gasteiger partial charge in [0, 0.05) is 31.9 Å². The molecule has 3 heteroatoms. The molecule has 0 radical (unpaired) electrons. The normalized spacial score (nSPS) is 15.2. The van der Waals surface area contributed by atoms with Crippen molar-refractivity contribution in [3.8, 4) is 0 Å². The van der Waals surface area contributed by atoms with E-state index >= 15 is 0 Å². The number of carbonyl (C=O) groups is 1. The summed E-state index contributed by atoms with van der Waals surface area (Å²) in [6.07, 6.45) is 0.505. The van der Waals surface area contributed by atoms with E-state index in [9.17, 15) is 4.79 Å². The zero-order valence-corrected chi connectivity index (χ0v) is 16.5. The first-order chi connectivity index (χ1) is 12.4. The fraction of sp³-hybridized carbons (Fsp3) is 0.435. The van der Waals surface area contributed by atoms with Gasteiger partial charge in [0.25, 0.3) is 0 Å². The number of amides is 1. The first kappa shape index (κ1) is 18.5. The van der Waals surface area contributed by atoms with Crippen LogP contribution in [0.4, 0.5) is 5.69 Å².